The molecule has 1 aliphatic heterocycles. The molecule has 0 aromatic heterocycles. The van der Waals surface area contributed by atoms with Gasteiger partial charge in [0, 0.05) is 46.0 Å². The molecular weight excluding hydrogens is 419 g/mol. The van der Waals surface area contributed by atoms with Crippen LogP contribution in [0, 0.1) is 5.92 Å². The fourth-order valence-electron chi connectivity index (χ4n) is 3.19. The summed E-state index contributed by atoms with van der Waals surface area (Å²) in [5, 5.41) is 6.38. The summed E-state index contributed by atoms with van der Waals surface area (Å²) in [5.41, 5.74) is -3.10. The molecule has 2 N–H and O–H groups in total. The third-order valence-electron chi connectivity index (χ3n) is 4.96. The fraction of sp³-hybridized carbons (Fsp3) is 0.632. The van der Waals surface area contributed by atoms with Gasteiger partial charge in [-0.05, 0) is 43.4 Å². The number of nitrogens with zero attached hydrogens (tertiary/aromatic N) is 3. The molecule has 0 atom stereocenters. The predicted molar refractivity (Wildman–Crippen MR) is 113 cm³/mol. The minimum Gasteiger partial charge on any atom is -0.378 e. The number of benzene rings is 1. The van der Waals surface area contributed by atoms with Crippen LogP contribution in [-0.4, -0.2) is 64.5 Å². The standard InChI is InChI=1S/C19H30F3N5O2S/c1-4-23-18(25-14-16-6-5-7-17(12-16)26(2)3)24-13-15-8-10-27(11-9-15)30(28,29)19(20,21)22/h5-7,12,15H,4,8-11,13-14H2,1-3H3,(H2,23,24,25). The smallest absolute Gasteiger partial charge is 0.378 e. The highest BCUT2D eigenvalue weighted by Crippen LogP contribution is 2.30. The number of sulfonamides is 1. The minimum absolute atomic E-state index is 0.0746. The highest BCUT2D eigenvalue weighted by molar-refractivity contribution is 7.90. The topological polar surface area (TPSA) is 77.0 Å². The first-order chi connectivity index (χ1) is 14.0. The number of nitrogens with one attached hydrogen (secondary N) is 2. The van der Waals surface area contributed by atoms with Crippen LogP contribution in [-0.2, 0) is 16.6 Å². The summed E-state index contributed by atoms with van der Waals surface area (Å²) >= 11 is 0. The number of guanidine groups is 1. The molecule has 0 radical (unpaired) electrons. The number of halogens is 3. The van der Waals surface area contributed by atoms with Gasteiger partial charge in [0.1, 0.15) is 0 Å². The first-order valence-corrected chi connectivity index (χ1v) is 11.3. The summed E-state index contributed by atoms with van der Waals surface area (Å²) in [5.74, 6) is 0.698. The molecule has 1 fully saturated rings. The summed E-state index contributed by atoms with van der Waals surface area (Å²) < 4.78 is 61.6. The van der Waals surface area contributed by atoms with Crippen molar-refractivity contribution in [1.29, 1.82) is 0 Å². The van der Waals surface area contributed by atoms with E-state index in [0.717, 1.165) is 11.3 Å². The first kappa shape index (κ1) is 24.3. The maximum atomic E-state index is 12.7. The molecule has 1 heterocycles. The molecule has 30 heavy (non-hydrogen) atoms. The highest BCUT2D eigenvalue weighted by Gasteiger charge is 2.50. The van der Waals surface area contributed by atoms with E-state index in [1.807, 2.05) is 44.1 Å². The Morgan fingerprint density at radius 1 is 1.23 bits per heavy atom. The van der Waals surface area contributed by atoms with Crippen molar-refractivity contribution in [1.82, 2.24) is 14.9 Å². The van der Waals surface area contributed by atoms with Crippen molar-refractivity contribution >= 4 is 21.7 Å². The first-order valence-electron chi connectivity index (χ1n) is 9.89. The van der Waals surface area contributed by atoms with E-state index in [1.165, 1.54) is 0 Å². The number of hydrogen-bond acceptors (Lipinski definition) is 4. The van der Waals surface area contributed by atoms with Gasteiger partial charge in [0.2, 0.25) is 0 Å². The molecule has 0 spiro atoms. The van der Waals surface area contributed by atoms with Crippen LogP contribution in [0.2, 0.25) is 0 Å². The number of rotatable bonds is 7. The number of piperidine rings is 1. The van der Waals surface area contributed by atoms with E-state index >= 15 is 0 Å². The zero-order valence-electron chi connectivity index (χ0n) is 17.5. The molecule has 170 valence electrons. The molecule has 1 aromatic carbocycles. The van der Waals surface area contributed by atoms with E-state index in [2.05, 4.69) is 21.7 Å². The number of aliphatic imine (C=N–C) groups is 1. The normalized spacial score (nSPS) is 17.1. The van der Waals surface area contributed by atoms with Gasteiger partial charge >= 0.3 is 15.5 Å². The molecule has 2 rings (SSSR count). The lowest BCUT2D eigenvalue weighted by molar-refractivity contribution is -0.0496. The Bertz CT molecular complexity index is 820. The summed E-state index contributed by atoms with van der Waals surface area (Å²) in [4.78, 5) is 6.59. The Kier molecular flexibility index (Phi) is 8.36. The lowest BCUT2D eigenvalue weighted by Crippen LogP contribution is -2.47. The van der Waals surface area contributed by atoms with Gasteiger partial charge in [-0.15, -0.1) is 0 Å². The van der Waals surface area contributed by atoms with E-state index in [4.69, 9.17) is 0 Å². The second kappa shape index (κ2) is 10.3. The van der Waals surface area contributed by atoms with Gasteiger partial charge in [-0.2, -0.15) is 17.5 Å². The van der Waals surface area contributed by atoms with Crippen molar-refractivity contribution < 1.29 is 21.6 Å². The molecule has 1 aromatic rings. The lowest BCUT2D eigenvalue weighted by Gasteiger charge is -2.31. The van der Waals surface area contributed by atoms with Crippen LogP contribution in [0.25, 0.3) is 0 Å². The Balaban J connectivity index is 1.90. The van der Waals surface area contributed by atoms with Crippen LogP contribution in [0.3, 0.4) is 0 Å². The van der Waals surface area contributed by atoms with Crippen LogP contribution in [0.1, 0.15) is 25.3 Å². The highest BCUT2D eigenvalue weighted by atomic mass is 32.2. The zero-order valence-corrected chi connectivity index (χ0v) is 18.4. The molecule has 1 aliphatic rings. The van der Waals surface area contributed by atoms with Crippen molar-refractivity contribution in [3.63, 3.8) is 0 Å². The van der Waals surface area contributed by atoms with Gasteiger partial charge < -0.3 is 15.5 Å². The van der Waals surface area contributed by atoms with Gasteiger partial charge in [-0.25, -0.2) is 13.4 Å². The molecule has 7 nitrogen and oxygen atoms in total. The van der Waals surface area contributed by atoms with Crippen LogP contribution in [0.4, 0.5) is 18.9 Å². The molecule has 11 heteroatoms. The van der Waals surface area contributed by atoms with Crippen molar-refractivity contribution in [2.45, 2.75) is 31.8 Å². The van der Waals surface area contributed by atoms with E-state index in [1.54, 1.807) is 0 Å². The van der Waals surface area contributed by atoms with Crippen molar-refractivity contribution in [2.24, 2.45) is 10.9 Å². The number of hydrogen-bond donors (Lipinski definition) is 2. The second-order valence-corrected chi connectivity index (χ2v) is 9.36. The van der Waals surface area contributed by atoms with E-state index in [0.29, 0.717) is 42.7 Å². The lowest BCUT2D eigenvalue weighted by atomic mass is 9.98. The minimum atomic E-state index is -5.24. The van der Waals surface area contributed by atoms with Gasteiger partial charge in [-0.3, -0.25) is 0 Å². The van der Waals surface area contributed by atoms with Gasteiger partial charge in [0.15, 0.2) is 5.96 Å². The molecule has 0 amide bonds. The van der Waals surface area contributed by atoms with Crippen LogP contribution in [0.15, 0.2) is 29.3 Å². The average molecular weight is 450 g/mol. The SMILES string of the molecule is CCNC(=NCc1cccc(N(C)C)c1)NCC1CCN(S(=O)(=O)C(F)(F)F)CC1. The molecular formula is C19H30F3N5O2S. The maximum Gasteiger partial charge on any atom is 0.511 e. The monoisotopic (exact) mass is 449 g/mol. The average Bonchev–Trinajstić information content (AvgIpc) is 2.69. The van der Waals surface area contributed by atoms with Gasteiger partial charge in [0.05, 0.1) is 6.54 Å². The molecule has 1 saturated heterocycles. The third kappa shape index (κ3) is 6.49. The fourth-order valence-corrected chi connectivity index (χ4v) is 4.17. The van der Waals surface area contributed by atoms with Crippen molar-refractivity contribution in [3.8, 4) is 0 Å². The molecule has 0 aliphatic carbocycles. The van der Waals surface area contributed by atoms with Crippen LogP contribution in [0.5, 0.6) is 0 Å². The quantitative estimate of drug-likeness (QED) is 0.494. The zero-order chi connectivity index (χ0) is 22.4. The van der Waals surface area contributed by atoms with Crippen LogP contribution >= 0.6 is 0 Å². The summed E-state index contributed by atoms with van der Waals surface area (Å²) in [7, 11) is -1.30. The Morgan fingerprint density at radius 2 is 1.90 bits per heavy atom. The number of anilines is 1. The largest absolute Gasteiger partial charge is 0.511 e. The van der Waals surface area contributed by atoms with Gasteiger partial charge in [-0.1, -0.05) is 12.1 Å². The van der Waals surface area contributed by atoms with Crippen LogP contribution < -0.4 is 15.5 Å². The third-order valence-corrected chi connectivity index (χ3v) is 6.58. The second-order valence-electron chi connectivity index (χ2n) is 7.43. The number of alkyl halides is 3. The predicted octanol–water partition coefficient (Wildman–Crippen LogP) is 2.37. The van der Waals surface area contributed by atoms with E-state index in [9.17, 15) is 21.6 Å². The Labute approximate surface area is 176 Å². The summed E-state index contributed by atoms with van der Waals surface area (Å²) in [6.45, 7) is 3.37. The summed E-state index contributed by atoms with van der Waals surface area (Å²) in [6, 6.07) is 8.05. The van der Waals surface area contributed by atoms with Crippen molar-refractivity contribution in [2.75, 3.05) is 45.2 Å². The Hall–Kier alpha value is -2.01. The maximum absolute atomic E-state index is 12.7. The molecule has 0 bridgehead atoms. The molecule has 0 saturated carbocycles. The summed E-state index contributed by atoms with van der Waals surface area (Å²) in [6.07, 6.45) is 0.735. The Morgan fingerprint density at radius 3 is 2.47 bits per heavy atom. The van der Waals surface area contributed by atoms with Gasteiger partial charge in [0.25, 0.3) is 0 Å². The molecule has 0 unspecified atom stereocenters. The van der Waals surface area contributed by atoms with E-state index in [-0.39, 0.29) is 19.0 Å². The van der Waals surface area contributed by atoms with Crippen molar-refractivity contribution in [3.05, 3.63) is 29.8 Å². The van der Waals surface area contributed by atoms with E-state index < -0.39 is 15.5 Å².